The van der Waals surface area contributed by atoms with Gasteiger partial charge in [0.1, 0.15) is 0 Å². The topological polar surface area (TPSA) is 12.5 Å². The van der Waals surface area contributed by atoms with Crippen molar-refractivity contribution in [2.24, 2.45) is 0 Å². The Morgan fingerprint density at radius 3 is 2.60 bits per heavy atom. The fourth-order valence-corrected chi connectivity index (χ4v) is 2.57. The molecule has 1 heterocycles. The summed E-state index contributed by atoms with van der Waals surface area (Å²) in [6.07, 6.45) is 0. The Balaban J connectivity index is 2.22. The second-order valence-corrected chi connectivity index (χ2v) is 5.03. The average molecular weight is 335 g/mol. The molecule has 1 aliphatic rings. The van der Waals surface area contributed by atoms with E-state index in [0.717, 1.165) is 36.1 Å². The van der Waals surface area contributed by atoms with Crippen molar-refractivity contribution < 1.29 is 4.74 Å². The zero-order valence-electron chi connectivity index (χ0n) is 8.38. The molecule has 15 heavy (non-hydrogen) atoms. The molecule has 0 amide bonds. The van der Waals surface area contributed by atoms with Gasteiger partial charge in [-0.2, -0.15) is 0 Å². The van der Waals surface area contributed by atoms with E-state index in [-0.39, 0.29) is 0 Å². The fraction of sp³-hybridized carbons (Fsp3) is 0.455. The molecular formula is C11H13Br2NO. The van der Waals surface area contributed by atoms with E-state index in [0.29, 0.717) is 0 Å². The summed E-state index contributed by atoms with van der Waals surface area (Å²) in [5.41, 5.74) is 2.58. The number of morpholine rings is 1. The minimum absolute atomic E-state index is 0.830. The maximum Gasteiger partial charge on any atom is 0.0642 e. The maximum absolute atomic E-state index is 5.35. The lowest BCUT2D eigenvalue weighted by atomic mass is 10.2. The monoisotopic (exact) mass is 333 g/mol. The molecule has 1 fully saturated rings. The van der Waals surface area contributed by atoms with Crippen LogP contribution in [0.1, 0.15) is 5.56 Å². The Labute approximate surface area is 107 Å². The highest BCUT2D eigenvalue weighted by molar-refractivity contribution is 9.10. The van der Waals surface area contributed by atoms with Crippen LogP contribution in [0.4, 0.5) is 5.69 Å². The molecule has 4 heteroatoms. The van der Waals surface area contributed by atoms with Gasteiger partial charge in [-0.15, -0.1) is 0 Å². The number of benzene rings is 1. The summed E-state index contributed by atoms with van der Waals surface area (Å²) >= 11 is 7.03. The predicted octanol–water partition coefficient (Wildman–Crippen LogP) is 3.18. The maximum atomic E-state index is 5.35. The molecule has 1 aromatic rings. The summed E-state index contributed by atoms with van der Waals surface area (Å²) in [5.74, 6) is 0. The summed E-state index contributed by atoms with van der Waals surface area (Å²) in [7, 11) is 0. The van der Waals surface area contributed by atoms with Crippen LogP contribution in [0.2, 0.25) is 0 Å². The smallest absolute Gasteiger partial charge is 0.0642 e. The van der Waals surface area contributed by atoms with Crippen LogP contribution in [0.15, 0.2) is 22.7 Å². The van der Waals surface area contributed by atoms with Crippen LogP contribution in [0.3, 0.4) is 0 Å². The zero-order valence-corrected chi connectivity index (χ0v) is 11.6. The second-order valence-electron chi connectivity index (χ2n) is 3.55. The minimum atomic E-state index is 0.830. The van der Waals surface area contributed by atoms with Crippen LogP contribution < -0.4 is 4.90 Å². The molecule has 82 valence electrons. The molecule has 0 unspecified atom stereocenters. The summed E-state index contributed by atoms with van der Waals surface area (Å²) in [6.45, 7) is 3.63. The van der Waals surface area contributed by atoms with Crippen LogP contribution in [0.25, 0.3) is 0 Å². The van der Waals surface area contributed by atoms with Gasteiger partial charge in [-0.1, -0.05) is 31.9 Å². The van der Waals surface area contributed by atoms with Crippen molar-refractivity contribution in [2.75, 3.05) is 31.2 Å². The van der Waals surface area contributed by atoms with Gasteiger partial charge in [-0.05, 0) is 23.8 Å². The van der Waals surface area contributed by atoms with Gasteiger partial charge in [0.25, 0.3) is 0 Å². The lowest BCUT2D eigenvalue weighted by Gasteiger charge is -2.29. The highest BCUT2D eigenvalue weighted by Gasteiger charge is 2.11. The van der Waals surface area contributed by atoms with Crippen molar-refractivity contribution in [1.82, 2.24) is 0 Å². The van der Waals surface area contributed by atoms with Crippen molar-refractivity contribution >= 4 is 37.5 Å². The molecular weight excluding hydrogens is 322 g/mol. The van der Waals surface area contributed by atoms with Gasteiger partial charge in [-0.3, -0.25) is 0 Å². The van der Waals surface area contributed by atoms with Gasteiger partial charge in [-0.25, -0.2) is 0 Å². The molecule has 1 aromatic carbocycles. The Morgan fingerprint density at radius 2 is 1.93 bits per heavy atom. The number of halogens is 2. The lowest BCUT2D eigenvalue weighted by molar-refractivity contribution is 0.122. The van der Waals surface area contributed by atoms with Crippen molar-refractivity contribution in [3.05, 3.63) is 28.2 Å². The highest BCUT2D eigenvalue weighted by atomic mass is 79.9. The van der Waals surface area contributed by atoms with Crippen LogP contribution in [-0.2, 0) is 10.1 Å². The first-order chi connectivity index (χ1) is 7.29. The summed E-state index contributed by atoms with van der Waals surface area (Å²) in [5, 5.41) is 0.893. The van der Waals surface area contributed by atoms with Crippen molar-refractivity contribution in [3.63, 3.8) is 0 Å². The standard InChI is InChI=1S/C11H13Br2NO/c12-8-9-5-10(13)7-11(6-9)14-1-3-15-4-2-14/h5-7H,1-4,8H2. The van der Waals surface area contributed by atoms with Gasteiger partial charge >= 0.3 is 0 Å². The Bertz CT molecular complexity index is 337. The van der Waals surface area contributed by atoms with E-state index in [1.165, 1.54) is 11.3 Å². The number of rotatable bonds is 2. The van der Waals surface area contributed by atoms with Gasteiger partial charge in [0.05, 0.1) is 13.2 Å². The molecule has 0 aliphatic carbocycles. The minimum Gasteiger partial charge on any atom is -0.378 e. The van der Waals surface area contributed by atoms with Crippen molar-refractivity contribution in [3.8, 4) is 0 Å². The van der Waals surface area contributed by atoms with Gasteiger partial charge in [0.15, 0.2) is 0 Å². The molecule has 0 atom stereocenters. The van der Waals surface area contributed by atoms with Gasteiger partial charge < -0.3 is 9.64 Å². The summed E-state index contributed by atoms with van der Waals surface area (Å²) < 4.78 is 6.49. The Morgan fingerprint density at radius 1 is 1.20 bits per heavy atom. The second kappa shape index (κ2) is 5.32. The molecule has 2 nitrogen and oxygen atoms in total. The van der Waals surface area contributed by atoms with E-state index in [2.05, 4.69) is 55.0 Å². The van der Waals surface area contributed by atoms with Crippen LogP contribution in [0, 0.1) is 0 Å². The zero-order chi connectivity index (χ0) is 10.7. The summed E-state index contributed by atoms with van der Waals surface area (Å²) in [4.78, 5) is 2.36. The van der Waals surface area contributed by atoms with Gasteiger partial charge in [0.2, 0.25) is 0 Å². The van der Waals surface area contributed by atoms with Gasteiger partial charge in [0, 0.05) is 28.6 Å². The first-order valence-electron chi connectivity index (χ1n) is 4.98. The van der Waals surface area contributed by atoms with E-state index >= 15 is 0 Å². The van der Waals surface area contributed by atoms with E-state index < -0.39 is 0 Å². The van der Waals surface area contributed by atoms with Crippen molar-refractivity contribution in [1.29, 1.82) is 0 Å². The summed E-state index contributed by atoms with van der Waals surface area (Å²) in [6, 6.07) is 6.53. The SMILES string of the molecule is BrCc1cc(Br)cc(N2CCOCC2)c1. The molecule has 2 rings (SSSR count). The molecule has 0 spiro atoms. The molecule has 0 radical (unpaired) electrons. The third-order valence-corrected chi connectivity index (χ3v) is 3.58. The van der Waals surface area contributed by atoms with Crippen molar-refractivity contribution in [2.45, 2.75) is 5.33 Å². The quantitative estimate of drug-likeness (QED) is 0.770. The first kappa shape index (κ1) is 11.4. The van der Waals surface area contributed by atoms with Crippen LogP contribution >= 0.6 is 31.9 Å². The van der Waals surface area contributed by atoms with E-state index in [1.54, 1.807) is 0 Å². The van der Waals surface area contributed by atoms with E-state index in [4.69, 9.17) is 4.74 Å². The predicted molar refractivity (Wildman–Crippen MR) is 69.8 cm³/mol. The molecule has 0 N–H and O–H groups in total. The normalized spacial score (nSPS) is 16.8. The Hall–Kier alpha value is -0.0600. The van der Waals surface area contributed by atoms with Crippen LogP contribution in [0.5, 0.6) is 0 Å². The number of nitrogens with zero attached hydrogens (tertiary/aromatic N) is 1. The first-order valence-corrected chi connectivity index (χ1v) is 6.89. The fourth-order valence-electron chi connectivity index (χ4n) is 1.71. The molecule has 1 aliphatic heterocycles. The third kappa shape index (κ3) is 2.95. The number of alkyl halides is 1. The molecule has 0 saturated carbocycles. The number of hydrogen-bond acceptors (Lipinski definition) is 2. The van der Waals surface area contributed by atoms with E-state index in [9.17, 15) is 0 Å². The molecule has 1 saturated heterocycles. The van der Waals surface area contributed by atoms with Crippen LogP contribution in [-0.4, -0.2) is 26.3 Å². The average Bonchev–Trinajstić information content (AvgIpc) is 2.29. The number of anilines is 1. The molecule has 0 bridgehead atoms. The Kier molecular flexibility index (Phi) is 4.05. The number of hydrogen-bond donors (Lipinski definition) is 0. The largest absolute Gasteiger partial charge is 0.378 e. The highest BCUT2D eigenvalue weighted by Crippen LogP contribution is 2.24. The van der Waals surface area contributed by atoms with E-state index in [1.807, 2.05) is 0 Å². The lowest BCUT2D eigenvalue weighted by Crippen LogP contribution is -2.36. The number of ether oxygens (including phenoxy) is 1. The molecule has 0 aromatic heterocycles. The third-order valence-electron chi connectivity index (χ3n) is 2.47.